The van der Waals surface area contributed by atoms with Crippen LogP contribution in [0.1, 0.15) is 18.9 Å². The van der Waals surface area contributed by atoms with E-state index in [0.29, 0.717) is 0 Å². The second-order valence-electron chi connectivity index (χ2n) is 2.97. The first kappa shape index (κ1) is 9.69. The molecular formula is C11H13NO. The smallest absolute Gasteiger partial charge is 0.211 e. The Morgan fingerprint density at radius 3 is 2.62 bits per heavy atom. The van der Waals surface area contributed by atoms with Gasteiger partial charge in [0.2, 0.25) is 6.08 Å². The Morgan fingerprint density at radius 2 is 2.08 bits per heavy atom. The third-order valence-corrected chi connectivity index (χ3v) is 2.02. The Bertz CT molecular complexity index is 288. The fourth-order valence-corrected chi connectivity index (χ4v) is 1.24. The molecule has 0 bridgehead atoms. The quantitative estimate of drug-likeness (QED) is 0.510. The molecule has 0 amide bonds. The zero-order chi connectivity index (χ0) is 9.52. The fraction of sp³-hybridized carbons (Fsp3) is 0.364. The van der Waals surface area contributed by atoms with Gasteiger partial charge < -0.3 is 0 Å². The van der Waals surface area contributed by atoms with Gasteiger partial charge in [0.05, 0.1) is 6.04 Å². The van der Waals surface area contributed by atoms with Crippen LogP contribution >= 0.6 is 0 Å². The molecule has 1 aromatic rings. The summed E-state index contributed by atoms with van der Waals surface area (Å²) in [5, 5.41) is 0. The van der Waals surface area contributed by atoms with Gasteiger partial charge in [-0.3, -0.25) is 0 Å². The van der Waals surface area contributed by atoms with Crippen molar-refractivity contribution in [2.45, 2.75) is 25.8 Å². The SMILES string of the molecule is CCC(Cc1ccccc1)N=C=O. The molecule has 0 saturated carbocycles. The first-order valence-corrected chi connectivity index (χ1v) is 4.47. The minimum Gasteiger partial charge on any atom is -0.211 e. The van der Waals surface area contributed by atoms with Gasteiger partial charge in [0, 0.05) is 0 Å². The van der Waals surface area contributed by atoms with Gasteiger partial charge in [0.15, 0.2) is 0 Å². The van der Waals surface area contributed by atoms with Gasteiger partial charge in [-0.2, -0.15) is 0 Å². The molecular weight excluding hydrogens is 162 g/mol. The molecule has 1 rings (SSSR count). The topological polar surface area (TPSA) is 29.4 Å². The molecule has 0 N–H and O–H groups in total. The fourth-order valence-electron chi connectivity index (χ4n) is 1.24. The van der Waals surface area contributed by atoms with E-state index in [0.717, 1.165) is 12.8 Å². The summed E-state index contributed by atoms with van der Waals surface area (Å²) in [5.41, 5.74) is 1.22. The summed E-state index contributed by atoms with van der Waals surface area (Å²) in [7, 11) is 0. The van der Waals surface area contributed by atoms with E-state index in [1.165, 1.54) is 5.56 Å². The van der Waals surface area contributed by atoms with E-state index < -0.39 is 0 Å². The molecule has 1 atom stereocenters. The number of rotatable bonds is 4. The minimum absolute atomic E-state index is 0.0832. The Hall–Kier alpha value is -1.40. The molecule has 0 fully saturated rings. The van der Waals surface area contributed by atoms with E-state index in [1.54, 1.807) is 6.08 Å². The van der Waals surface area contributed by atoms with Crippen molar-refractivity contribution in [1.29, 1.82) is 0 Å². The van der Waals surface area contributed by atoms with E-state index in [1.807, 2.05) is 37.3 Å². The molecule has 0 spiro atoms. The molecule has 0 aliphatic heterocycles. The summed E-state index contributed by atoms with van der Waals surface area (Å²) in [5.74, 6) is 0. The number of hydrogen-bond donors (Lipinski definition) is 0. The van der Waals surface area contributed by atoms with Crippen LogP contribution in [0, 0.1) is 0 Å². The normalized spacial score (nSPS) is 11.8. The predicted octanol–water partition coefficient (Wildman–Crippen LogP) is 2.34. The Labute approximate surface area is 78.3 Å². The van der Waals surface area contributed by atoms with Crippen LogP contribution in [-0.2, 0) is 11.2 Å². The van der Waals surface area contributed by atoms with Crippen molar-refractivity contribution in [3.63, 3.8) is 0 Å². The van der Waals surface area contributed by atoms with E-state index in [2.05, 4.69) is 4.99 Å². The lowest BCUT2D eigenvalue weighted by Crippen LogP contribution is -2.06. The molecule has 0 saturated heterocycles. The second-order valence-corrected chi connectivity index (χ2v) is 2.97. The zero-order valence-electron chi connectivity index (χ0n) is 7.73. The van der Waals surface area contributed by atoms with Gasteiger partial charge in [0.25, 0.3) is 0 Å². The van der Waals surface area contributed by atoms with Crippen LogP contribution in [0.3, 0.4) is 0 Å². The van der Waals surface area contributed by atoms with Gasteiger partial charge in [0.1, 0.15) is 0 Å². The summed E-state index contributed by atoms with van der Waals surface area (Å²) in [6.45, 7) is 2.02. The van der Waals surface area contributed by atoms with Crippen LogP contribution in [0.5, 0.6) is 0 Å². The summed E-state index contributed by atoms with van der Waals surface area (Å²) in [6.07, 6.45) is 3.32. The van der Waals surface area contributed by atoms with Crippen molar-refractivity contribution in [2.24, 2.45) is 4.99 Å². The highest BCUT2D eigenvalue weighted by Gasteiger charge is 2.03. The highest BCUT2D eigenvalue weighted by atomic mass is 16.1. The van der Waals surface area contributed by atoms with Crippen LogP contribution < -0.4 is 0 Å². The van der Waals surface area contributed by atoms with Gasteiger partial charge in [-0.25, -0.2) is 9.79 Å². The molecule has 0 aromatic heterocycles. The Balaban J connectivity index is 2.61. The average Bonchev–Trinajstić information content (AvgIpc) is 2.19. The minimum atomic E-state index is 0.0832. The zero-order valence-corrected chi connectivity index (χ0v) is 7.73. The third-order valence-electron chi connectivity index (χ3n) is 2.02. The van der Waals surface area contributed by atoms with Crippen molar-refractivity contribution in [2.75, 3.05) is 0 Å². The first-order valence-electron chi connectivity index (χ1n) is 4.47. The summed E-state index contributed by atoms with van der Waals surface area (Å²) in [6, 6.07) is 10.1. The average molecular weight is 175 g/mol. The highest BCUT2D eigenvalue weighted by molar-refractivity contribution is 5.34. The van der Waals surface area contributed by atoms with Crippen molar-refractivity contribution >= 4 is 6.08 Å². The van der Waals surface area contributed by atoms with Gasteiger partial charge in [-0.05, 0) is 18.4 Å². The number of carbonyl (C=O) groups excluding carboxylic acids is 1. The van der Waals surface area contributed by atoms with Crippen LogP contribution in [-0.4, -0.2) is 12.1 Å². The monoisotopic (exact) mass is 175 g/mol. The van der Waals surface area contributed by atoms with Crippen LogP contribution in [0.15, 0.2) is 35.3 Å². The number of aliphatic imine (C=N–C) groups is 1. The van der Waals surface area contributed by atoms with E-state index >= 15 is 0 Å². The number of nitrogens with zero attached hydrogens (tertiary/aromatic N) is 1. The van der Waals surface area contributed by atoms with Crippen molar-refractivity contribution in [1.82, 2.24) is 0 Å². The largest absolute Gasteiger partial charge is 0.235 e. The summed E-state index contributed by atoms with van der Waals surface area (Å²) >= 11 is 0. The van der Waals surface area contributed by atoms with Crippen molar-refractivity contribution in [3.05, 3.63) is 35.9 Å². The van der Waals surface area contributed by atoms with Crippen molar-refractivity contribution < 1.29 is 4.79 Å². The molecule has 68 valence electrons. The van der Waals surface area contributed by atoms with Crippen LogP contribution in [0.25, 0.3) is 0 Å². The first-order chi connectivity index (χ1) is 6.36. The molecule has 13 heavy (non-hydrogen) atoms. The maximum absolute atomic E-state index is 10.1. The number of hydrogen-bond acceptors (Lipinski definition) is 2. The number of benzene rings is 1. The summed E-state index contributed by atoms with van der Waals surface area (Å²) < 4.78 is 0. The van der Waals surface area contributed by atoms with E-state index in [4.69, 9.17) is 0 Å². The molecule has 0 aliphatic rings. The maximum atomic E-state index is 10.1. The molecule has 2 heteroatoms. The summed E-state index contributed by atoms with van der Waals surface area (Å²) in [4.78, 5) is 13.8. The Kier molecular flexibility index (Phi) is 3.94. The maximum Gasteiger partial charge on any atom is 0.235 e. The van der Waals surface area contributed by atoms with Gasteiger partial charge in [-0.1, -0.05) is 37.3 Å². The standard InChI is InChI=1S/C11H13NO/c1-2-11(12-9-13)8-10-6-4-3-5-7-10/h3-7,11H,2,8H2,1H3. The molecule has 1 unspecified atom stereocenters. The van der Waals surface area contributed by atoms with E-state index in [9.17, 15) is 4.79 Å². The second kappa shape index (κ2) is 5.28. The van der Waals surface area contributed by atoms with Crippen molar-refractivity contribution in [3.8, 4) is 0 Å². The highest BCUT2D eigenvalue weighted by Crippen LogP contribution is 2.07. The Morgan fingerprint density at radius 1 is 1.38 bits per heavy atom. The molecule has 0 heterocycles. The number of isocyanates is 1. The molecule has 2 nitrogen and oxygen atoms in total. The lowest BCUT2D eigenvalue weighted by molar-refractivity contribution is 0.552. The molecule has 0 radical (unpaired) electrons. The van der Waals surface area contributed by atoms with Crippen LogP contribution in [0.4, 0.5) is 0 Å². The molecule has 1 aromatic carbocycles. The molecule has 0 aliphatic carbocycles. The van der Waals surface area contributed by atoms with Gasteiger partial charge in [-0.15, -0.1) is 0 Å². The van der Waals surface area contributed by atoms with Gasteiger partial charge >= 0.3 is 0 Å². The lowest BCUT2D eigenvalue weighted by atomic mass is 10.1. The predicted molar refractivity (Wildman–Crippen MR) is 52.3 cm³/mol. The lowest BCUT2D eigenvalue weighted by Gasteiger charge is -2.06. The van der Waals surface area contributed by atoms with Crippen LogP contribution in [0.2, 0.25) is 0 Å². The van der Waals surface area contributed by atoms with E-state index in [-0.39, 0.29) is 6.04 Å². The third kappa shape index (κ3) is 3.22.